The van der Waals surface area contributed by atoms with Gasteiger partial charge in [0.15, 0.2) is 23.1 Å². The summed E-state index contributed by atoms with van der Waals surface area (Å²) in [5.74, 6) is 0.220. The highest BCUT2D eigenvalue weighted by Crippen LogP contribution is 2.37. The zero-order chi connectivity index (χ0) is 23.4. The minimum Gasteiger partial charge on any atom is -0.493 e. The lowest BCUT2D eigenvalue weighted by atomic mass is 10.2. The maximum atomic E-state index is 15.0. The normalized spacial score (nSPS) is 11.0. The molecule has 4 aromatic rings. The summed E-state index contributed by atoms with van der Waals surface area (Å²) in [5.41, 5.74) is 3.67. The maximum Gasteiger partial charge on any atom is 0.243 e. The van der Waals surface area contributed by atoms with Crippen molar-refractivity contribution in [2.45, 2.75) is 26.2 Å². The molecule has 0 saturated carbocycles. The Balaban J connectivity index is 1.57. The second-order valence-corrected chi connectivity index (χ2v) is 7.43. The second-order valence-electron chi connectivity index (χ2n) is 7.43. The standard InChI is InChI=1S/C23H23FN4O5/c1-13-9-14-16(27-13)6-7-18(22(14)24)33-23-15-10-19(31-2)20(11-17(15)25-12-26-23)32-8-4-3-5-21(29)28-30/h6-7,9-12,27,30H,3-5,8H2,1-2H3,(H,28,29). The number of hydrogen-bond acceptors (Lipinski definition) is 7. The number of aromatic nitrogens is 3. The van der Waals surface area contributed by atoms with Crippen LogP contribution >= 0.6 is 0 Å². The minimum absolute atomic E-state index is 0.0488. The van der Waals surface area contributed by atoms with E-state index in [-0.39, 0.29) is 18.1 Å². The molecule has 0 saturated heterocycles. The van der Waals surface area contributed by atoms with E-state index in [0.717, 1.165) is 5.69 Å². The van der Waals surface area contributed by atoms with Gasteiger partial charge in [-0.15, -0.1) is 0 Å². The molecule has 0 bridgehead atoms. The van der Waals surface area contributed by atoms with Crippen molar-refractivity contribution in [1.29, 1.82) is 0 Å². The van der Waals surface area contributed by atoms with E-state index < -0.39 is 11.7 Å². The van der Waals surface area contributed by atoms with E-state index in [2.05, 4.69) is 15.0 Å². The van der Waals surface area contributed by atoms with Crippen LogP contribution in [0.1, 0.15) is 25.0 Å². The van der Waals surface area contributed by atoms with Gasteiger partial charge >= 0.3 is 0 Å². The Hall–Kier alpha value is -3.92. The average Bonchev–Trinajstić information content (AvgIpc) is 3.21. The van der Waals surface area contributed by atoms with Crippen molar-refractivity contribution < 1.29 is 28.6 Å². The number of halogens is 1. The molecule has 0 aliphatic heterocycles. The lowest BCUT2D eigenvalue weighted by molar-refractivity contribution is -0.129. The number of nitrogens with one attached hydrogen (secondary N) is 2. The van der Waals surface area contributed by atoms with E-state index in [0.29, 0.717) is 52.8 Å². The third-order valence-corrected chi connectivity index (χ3v) is 5.11. The predicted molar refractivity (Wildman–Crippen MR) is 118 cm³/mol. The minimum atomic E-state index is -0.481. The molecule has 0 atom stereocenters. The Morgan fingerprint density at radius 1 is 1.12 bits per heavy atom. The number of nitrogens with zero attached hydrogens (tertiary/aromatic N) is 2. The fraction of sp³-hybridized carbons (Fsp3) is 0.261. The number of hydrogen-bond donors (Lipinski definition) is 3. The molecule has 1 amide bonds. The van der Waals surface area contributed by atoms with Crippen molar-refractivity contribution >= 4 is 27.7 Å². The van der Waals surface area contributed by atoms with Crippen molar-refractivity contribution in [3.05, 3.63) is 48.2 Å². The Kier molecular flexibility index (Phi) is 6.55. The Morgan fingerprint density at radius 2 is 1.97 bits per heavy atom. The molecule has 2 aromatic carbocycles. The number of carbonyl (C=O) groups is 1. The molecule has 0 aliphatic rings. The summed E-state index contributed by atoms with van der Waals surface area (Å²) in [6, 6.07) is 8.39. The third kappa shape index (κ3) is 4.80. The first kappa shape index (κ1) is 22.3. The molecule has 2 heterocycles. The molecule has 10 heteroatoms. The van der Waals surface area contributed by atoms with Gasteiger partial charge in [0.2, 0.25) is 11.8 Å². The first-order chi connectivity index (χ1) is 16.0. The third-order valence-electron chi connectivity index (χ3n) is 5.11. The van der Waals surface area contributed by atoms with Crippen molar-refractivity contribution in [1.82, 2.24) is 20.4 Å². The number of benzene rings is 2. The van der Waals surface area contributed by atoms with E-state index >= 15 is 0 Å². The van der Waals surface area contributed by atoms with Crippen LogP contribution in [0.2, 0.25) is 0 Å². The Bertz CT molecular complexity index is 1310. The fourth-order valence-corrected chi connectivity index (χ4v) is 3.49. The molecule has 0 fully saturated rings. The Morgan fingerprint density at radius 3 is 2.76 bits per heavy atom. The van der Waals surface area contributed by atoms with E-state index in [9.17, 15) is 9.18 Å². The number of aromatic amines is 1. The van der Waals surface area contributed by atoms with Gasteiger partial charge in [-0.3, -0.25) is 10.0 Å². The molecule has 0 radical (unpaired) electrons. The molecule has 2 aromatic heterocycles. The highest BCUT2D eigenvalue weighted by Gasteiger charge is 2.16. The summed E-state index contributed by atoms with van der Waals surface area (Å²) < 4.78 is 32.1. The number of carbonyl (C=O) groups excluding carboxylic acids is 1. The molecule has 0 spiro atoms. The monoisotopic (exact) mass is 454 g/mol. The van der Waals surface area contributed by atoms with Gasteiger partial charge in [0.05, 0.1) is 24.6 Å². The number of amides is 1. The number of unbranched alkanes of at least 4 members (excludes halogenated alkanes) is 1. The molecular weight excluding hydrogens is 431 g/mol. The molecule has 4 rings (SSSR count). The summed E-state index contributed by atoms with van der Waals surface area (Å²) in [4.78, 5) is 22.6. The van der Waals surface area contributed by atoms with E-state index in [1.54, 1.807) is 35.8 Å². The molecule has 172 valence electrons. The zero-order valence-corrected chi connectivity index (χ0v) is 18.1. The van der Waals surface area contributed by atoms with E-state index in [1.807, 2.05) is 6.92 Å². The molecule has 33 heavy (non-hydrogen) atoms. The quantitative estimate of drug-likeness (QED) is 0.195. The number of methoxy groups -OCH3 is 1. The number of H-pyrrole nitrogens is 1. The van der Waals surface area contributed by atoms with E-state index in [4.69, 9.17) is 19.4 Å². The van der Waals surface area contributed by atoms with Crippen LogP contribution in [0.5, 0.6) is 23.1 Å². The van der Waals surface area contributed by atoms with Gasteiger partial charge < -0.3 is 19.2 Å². The summed E-state index contributed by atoms with van der Waals surface area (Å²) >= 11 is 0. The van der Waals surface area contributed by atoms with Crippen molar-refractivity contribution in [3.8, 4) is 23.1 Å². The highest BCUT2D eigenvalue weighted by molar-refractivity contribution is 5.87. The smallest absolute Gasteiger partial charge is 0.243 e. The molecule has 9 nitrogen and oxygen atoms in total. The highest BCUT2D eigenvalue weighted by atomic mass is 19.1. The topological polar surface area (TPSA) is 119 Å². The van der Waals surface area contributed by atoms with Gasteiger partial charge in [-0.25, -0.2) is 19.8 Å². The second kappa shape index (κ2) is 9.70. The largest absolute Gasteiger partial charge is 0.493 e. The Labute approximate surface area is 188 Å². The molecule has 0 aliphatic carbocycles. The van der Waals surface area contributed by atoms with Crippen LogP contribution in [0.4, 0.5) is 4.39 Å². The van der Waals surface area contributed by atoms with Crippen LogP contribution in [-0.2, 0) is 4.79 Å². The van der Waals surface area contributed by atoms with Crippen LogP contribution < -0.4 is 19.7 Å². The van der Waals surface area contributed by atoms with Gasteiger partial charge in [0, 0.05) is 29.1 Å². The maximum absolute atomic E-state index is 15.0. The lowest BCUT2D eigenvalue weighted by Gasteiger charge is -2.13. The first-order valence-corrected chi connectivity index (χ1v) is 10.3. The van der Waals surface area contributed by atoms with Crippen LogP contribution in [0, 0.1) is 12.7 Å². The first-order valence-electron chi connectivity index (χ1n) is 10.3. The summed E-state index contributed by atoms with van der Waals surface area (Å²) in [6.45, 7) is 2.20. The predicted octanol–water partition coefficient (Wildman–Crippen LogP) is 4.41. The number of fused-ring (bicyclic) bond motifs is 2. The number of hydroxylamine groups is 1. The van der Waals surface area contributed by atoms with Gasteiger partial charge in [0.25, 0.3) is 0 Å². The van der Waals surface area contributed by atoms with Gasteiger partial charge in [-0.1, -0.05) is 0 Å². The van der Waals surface area contributed by atoms with Crippen molar-refractivity contribution in [3.63, 3.8) is 0 Å². The van der Waals surface area contributed by atoms with Gasteiger partial charge in [-0.05, 0) is 44.0 Å². The summed E-state index contributed by atoms with van der Waals surface area (Å²) in [5, 5.41) is 9.50. The zero-order valence-electron chi connectivity index (χ0n) is 18.1. The van der Waals surface area contributed by atoms with E-state index in [1.165, 1.54) is 13.4 Å². The molecule has 0 unspecified atom stereocenters. The lowest BCUT2D eigenvalue weighted by Crippen LogP contribution is -2.18. The number of rotatable bonds is 9. The van der Waals surface area contributed by atoms with Crippen molar-refractivity contribution in [2.24, 2.45) is 0 Å². The summed E-state index contributed by atoms with van der Waals surface area (Å²) in [6.07, 6.45) is 2.69. The van der Waals surface area contributed by atoms with Gasteiger partial charge in [0.1, 0.15) is 6.33 Å². The fourth-order valence-electron chi connectivity index (χ4n) is 3.49. The van der Waals surface area contributed by atoms with Crippen LogP contribution in [0.25, 0.3) is 21.8 Å². The molecular formula is C23H23FN4O5. The summed E-state index contributed by atoms with van der Waals surface area (Å²) in [7, 11) is 1.51. The van der Waals surface area contributed by atoms with Crippen LogP contribution in [-0.4, -0.2) is 39.8 Å². The van der Waals surface area contributed by atoms with Crippen LogP contribution in [0.3, 0.4) is 0 Å². The molecule has 3 N–H and O–H groups in total. The SMILES string of the molecule is COc1cc2c(Oc3ccc4[nH]c(C)cc4c3F)ncnc2cc1OCCCCC(=O)NO. The van der Waals surface area contributed by atoms with Gasteiger partial charge in [-0.2, -0.15) is 0 Å². The van der Waals surface area contributed by atoms with Crippen LogP contribution in [0.15, 0.2) is 36.7 Å². The number of aryl methyl sites for hydroxylation is 1. The average molecular weight is 454 g/mol. The number of ether oxygens (including phenoxy) is 3. The van der Waals surface area contributed by atoms with Crippen molar-refractivity contribution in [2.75, 3.05) is 13.7 Å².